The average Bonchev–Trinajstić information content (AvgIpc) is 2.30. The highest BCUT2D eigenvalue weighted by Crippen LogP contribution is 2.14. The van der Waals surface area contributed by atoms with E-state index < -0.39 is 0 Å². The molecule has 0 fully saturated rings. The van der Waals surface area contributed by atoms with E-state index in [0.717, 1.165) is 11.6 Å². The molecule has 62 valence electrons. The molecule has 0 aliphatic carbocycles. The van der Waals surface area contributed by atoms with Crippen molar-refractivity contribution in [3.8, 4) is 0 Å². The molecule has 0 aromatic carbocycles. The van der Waals surface area contributed by atoms with Crippen LogP contribution in [0, 0.1) is 0 Å². The summed E-state index contributed by atoms with van der Waals surface area (Å²) < 4.78 is 2.05. The van der Waals surface area contributed by atoms with Crippen LogP contribution in [-0.4, -0.2) is 16.6 Å². The Morgan fingerprint density at radius 1 is 1.55 bits per heavy atom. The Hall–Kier alpha value is -0.990. The van der Waals surface area contributed by atoms with E-state index in [1.54, 1.807) is 0 Å². The van der Waals surface area contributed by atoms with Gasteiger partial charge in [-0.05, 0) is 0 Å². The number of hydrogen-bond donors (Lipinski definition) is 1. The molecule has 3 heteroatoms. The van der Waals surface area contributed by atoms with E-state index in [1.165, 1.54) is 0 Å². The second-order valence-corrected chi connectivity index (χ2v) is 3.00. The molecule has 0 spiro atoms. The Balaban J connectivity index is 2.97. The van der Waals surface area contributed by atoms with E-state index >= 15 is 0 Å². The summed E-state index contributed by atoms with van der Waals surface area (Å²) in [6, 6.07) is 0. The van der Waals surface area contributed by atoms with Crippen molar-refractivity contribution in [1.29, 1.82) is 0 Å². The molecule has 0 saturated heterocycles. The van der Waals surface area contributed by atoms with Crippen LogP contribution < -0.4 is 5.32 Å². The third kappa shape index (κ3) is 1.53. The fourth-order valence-corrected chi connectivity index (χ4v) is 1.14. The molecule has 0 unspecified atom stereocenters. The molecule has 1 N–H and O–H groups in total. The van der Waals surface area contributed by atoms with Crippen molar-refractivity contribution in [3.63, 3.8) is 0 Å². The molecule has 1 aromatic rings. The van der Waals surface area contributed by atoms with Crippen LogP contribution in [0.3, 0.4) is 0 Å². The van der Waals surface area contributed by atoms with Gasteiger partial charge in [0.25, 0.3) is 0 Å². The van der Waals surface area contributed by atoms with Gasteiger partial charge in [0.2, 0.25) is 0 Å². The fourth-order valence-electron chi connectivity index (χ4n) is 1.14. The minimum Gasteiger partial charge on any atom is -0.372 e. The van der Waals surface area contributed by atoms with Gasteiger partial charge in [-0.2, -0.15) is 0 Å². The van der Waals surface area contributed by atoms with Gasteiger partial charge in [0.15, 0.2) is 0 Å². The summed E-state index contributed by atoms with van der Waals surface area (Å²) in [5.41, 5.74) is 0. The third-order valence-electron chi connectivity index (χ3n) is 1.68. The monoisotopic (exact) mass is 153 g/mol. The maximum atomic E-state index is 4.38. The van der Waals surface area contributed by atoms with Crippen molar-refractivity contribution >= 4 is 5.82 Å². The van der Waals surface area contributed by atoms with E-state index in [4.69, 9.17) is 0 Å². The lowest BCUT2D eigenvalue weighted by Crippen LogP contribution is -1.98. The van der Waals surface area contributed by atoms with Gasteiger partial charge < -0.3 is 9.88 Å². The molecule has 0 amide bonds. The summed E-state index contributed by atoms with van der Waals surface area (Å²) in [5, 5.41) is 3.01. The SMILES string of the molecule is CNc1cn(C)c(C(C)C)n1. The molecule has 1 rings (SSSR count). The lowest BCUT2D eigenvalue weighted by molar-refractivity contribution is 0.711. The predicted molar refractivity (Wildman–Crippen MR) is 46.8 cm³/mol. The standard InChI is InChI=1S/C8H15N3/c1-6(2)8-10-7(9-3)5-11(8)4/h5-6,9H,1-4H3. The van der Waals surface area contributed by atoms with Gasteiger partial charge in [-0.1, -0.05) is 13.8 Å². The van der Waals surface area contributed by atoms with Crippen molar-refractivity contribution in [3.05, 3.63) is 12.0 Å². The summed E-state index contributed by atoms with van der Waals surface area (Å²) in [6.07, 6.45) is 2.00. The van der Waals surface area contributed by atoms with Gasteiger partial charge >= 0.3 is 0 Å². The van der Waals surface area contributed by atoms with E-state index in [9.17, 15) is 0 Å². The summed E-state index contributed by atoms with van der Waals surface area (Å²) in [5.74, 6) is 2.55. The molecule has 11 heavy (non-hydrogen) atoms. The zero-order chi connectivity index (χ0) is 8.43. The number of nitrogens with one attached hydrogen (secondary N) is 1. The Morgan fingerprint density at radius 3 is 2.45 bits per heavy atom. The van der Waals surface area contributed by atoms with Crippen LogP contribution in [0.5, 0.6) is 0 Å². The number of nitrogens with zero attached hydrogens (tertiary/aromatic N) is 2. The highest BCUT2D eigenvalue weighted by atomic mass is 15.1. The Morgan fingerprint density at radius 2 is 2.18 bits per heavy atom. The molecule has 0 radical (unpaired) electrons. The van der Waals surface area contributed by atoms with E-state index in [0.29, 0.717) is 5.92 Å². The van der Waals surface area contributed by atoms with Gasteiger partial charge in [0.1, 0.15) is 11.6 Å². The van der Waals surface area contributed by atoms with E-state index in [-0.39, 0.29) is 0 Å². The number of anilines is 1. The van der Waals surface area contributed by atoms with Crippen LogP contribution in [0.4, 0.5) is 5.82 Å². The summed E-state index contributed by atoms with van der Waals surface area (Å²) in [4.78, 5) is 4.38. The lowest BCUT2D eigenvalue weighted by Gasteiger charge is -2.02. The molecular formula is C8H15N3. The van der Waals surface area contributed by atoms with Crippen LogP contribution in [0.1, 0.15) is 25.6 Å². The Kier molecular flexibility index (Phi) is 2.17. The van der Waals surface area contributed by atoms with Gasteiger partial charge in [0, 0.05) is 26.2 Å². The van der Waals surface area contributed by atoms with Crippen LogP contribution in [0.2, 0.25) is 0 Å². The molecule has 0 aliphatic heterocycles. The average molecular weight is 153 g/mol. The molecule has 1 heterocycles. The van der Waals surface area contributed by atoms with Crippen LogP contribution >= 0.6 is 0 Å². The molecule has 1 aromatic heterocycles. The Labute approximate surface area is 67.4 Å². The first kappa shape index (κ1) is 8.11. The minimum atomic E-state index is 0.488. The number of aryl methyl sites for hydroxylation is 1. The van der Waals surface area contributed by atoms with Crippen molar-refractivity contribution in [2.24, 2.45) is 7.05 Å². The maximum absolute atomic E-state index is 4.38. The highest BCUT2D eigenvalue weighted by molar-refractivity contribution is 5.32. The first-order valence-electron chi connectivity index (χ1n) is 3.86. The van der Waals surface area contributed by atoms with Crippen LogP contribution in [0.25, 0.3) is 0 Å². The van der Waals surface area contributed by atoms with Crippen LogP contribution in [-0.2, 0) is 7.05 Å². The molecule has 3 nitrogen and oxygen atoms in total. The molecular weight excluding hydrogens is 138 g/mol. The summed E-state index contributed by atoms with van der Waals surface area (Å²) in [6.45, 7) is 4.28. The van der Waals surface area contributed by atoms with Gasteiger partial charge in [-0.3, -0.25) is 0 Å². The summed E-state index contributed by atoms with van der Waals surface area (Å²) in [7, 11) is 3.90. The van der Waals surface area contributed by atoms with E-state index in [1.807, 2.05) is 20.3 Å². The normalized spacial score (nSPS) is 10.6. The largest absolute Gasteiger partial charge is 0.372 e. The molecule has 0 saturated carbocycles. The van der Waals surface area contributed by atoms with Crippen molar-refractivity contribution in [2.45, 2.75) is 19.8 Å². The third-order valence-corrected chi connectivity index (χ3v) is 1.68. The van der Waals surface area contributed by atoms with Gasteiger partial charge in [0.05, 0.1) is 0 Å². The number of imidazole rings is 1. The maximum Gasteiger partial charge on any atom is 0.144 e. The fraction of sp³-hybridized carbons (Fsp3) is 0.625. The molecule has 0 aliphatic rings. The highest BCUT2D eigenvalue weighted by Gasteiger charge is 2.06. The lowest BCUT2D eigenvalue weighted by atomic mass is 10.2. The van der Waals surface area contributed by atoms with Gasteiger partial charge in [-0.25, -0.2) is 4.98 Å². The van der Waals surface area contributed by atoms with Crippen molar-refractivity contribution in [2.75, 3.05) is 12.4 Å². The zero-order valence-corrected chi connectivity index (χ0v) is 7.55. The van der Waals surface area contributed by atoms with Gasteiger partial charge in [-0.15, -0.1) is 0 Å². The topological polar surface area (TPSA) is 29.9 Å². The molecule has 0 atom stereocenters. The minimum absolute atomic E-state index is 0.488. The quantitative estimate of drug-likeness (QED) is 0.699. The first-order valence-corrected chi connectivity index (χ1v) is 3.86. The zero-order valence-electron chi connectivity index (χ0n) is 7.55. The first-order chi connectivity index (χ1) is 5.15. The van der Waals surface area contributed by atoms with E-state index in [2.05, 4.69) is 28.7 Å². The van der Waals surface area contributed by atoms with Crippen molar-refractivity contribution < 1.29 is 0 Å². The van der Waals surface area contributed by atoms with Crippen molar-refractivity contribution in [1.82, 2.24) is 9.55 Å². The molecule has 0 bridgehead atoms. The second-order valence-electron chi connectivity index (χ2n) is 3.00. The second kappa shape index (κ2) is 2.95. The van der Waals surface area contributed by atoms with Crippen LogP contribution in [0.15, 0.2) is 6.20 Å². The number of rotatable bonds is 2. The smallest absolute Gasteiger partial charge is 0.144 e. The summed E-state index contributed by atoms with van der Waals surface area (Å²) >= 11 is 0. The Bertz CT molecular complexity index is 237. The number of aromatic nitrogens is 2. The number of hydrogen-bond acceptors (Lipinski definition) is 2. The predicted octanol–water partition coefficient (Wildman–Crippen LogP) is 1.59.